The van der Waals surface area contributed by atoms with Gasteiger partial charge in [-0.1, -0.05) is 13.8 Å². The van der Waals surface area contributed by atoms with Gasteiger partial charge in [-0.3, -0.25) is 4.79 Å². The van der Waals surface area contributed by atoms with Gasteiger partial charge in [0.05, 0.1) is 5.69 Å². The van der Waals surface area contributed by atoms with Crippen LogP contribution in [0.1, 0.15) is 20.3 Å². The zero-order chi connectivity index (χ0) is 13.9. The monoisotopic (exact) mass is 256 g/mol. The zero-order valence-corrected chi connectivity index (χ0v) is 10.8. The first kappa shape index (κ1) is 14.6. The first-order chi connectivity index (χ1) is 8.26. The summed E-state index contributed by atoms with van der Waals surface area (Å²) in [5, 5.41) is 0. The number of amides is 1. The Balaban J connectivity index is 2.90. The van der Waals surface area contributed by atoms with Gasteiger partial charge in [-0.15, -0.1) is 0 Å². The smallest absolute Gasteiger partial charge is 0.227 e. The maximum Gasteiger partial charge on any atom is 0.227 e. The normalized spacial score (nSPS) is 11.4. The van der Waals surface area contributed by atoms with Gasteiger partial charge in [0.2, 0.25) is 5.91 Å². The lowest BCUT2D eigenvalue weighted by Gasteiger charge is -2.25. The van der Waals surface area contributed by atoms with Gasteiger partial charge in [-0.05, 0) is 24.1 Å². The number of rotatable bonds is 4. The van der Waals surface area contributed by atoms with Gasteiger partial charge in [-0.2, -0.15) is 0 Å². The predicted molar refractivity (Wildman–Crippen MR) is 67.2 cm³/mol. The molecule has 5 heteroatoms. The average molecular weight is 256 g/mol. The number of hydrogen-bond acceptors (Lipinski definition) is 2. The fourth-order valence-electron chi connectivity index (χ4n) is 1.48. The van der Waals surface area contributed by atoms with Gasteiger partial charge in [0.1, 0.15) is 11.6 Å². The molecule has 0 heterocycles. The number of halogens is 2. The molecule has 1 rings (SSSR count). The van der Waals surface area contributed by atoms with Gasteiger partial charge in [0.25, 0.3) is 0 Å². The zero-order valence-electron chi connectivity index (χ0n) is 10.8. The lowest BCUT2D eigenvalue weighted by molar-refractivity contribution is -0.120. The van der Waals surface area contributed by atoms with E-state index in [2.05, 4.69) is 0 Å². The molecule has 0 aliphatic rings. The maximum absolute atomic E-state index is 13.5. The Kier molecular flexibility index (Phi) is 4.40. The molecule has 100 valence electrons. The second kappa shape index (κ2) is 5.44. The fourth-order valence-corrected chi connectivity index (χ4v) is 1.48. The van der Waals surface area contributed by atoms with Crippen molar-refractivity contribution in [1.29, 1.82) is 0 Å². The highest BCUT2D eigenvalue weighted by Crippen LogP contribution is 2.24. The van der Waals surface area contributed by atoms with Gasteiger partial charge in [0.15, 0.2) is 0 Å². The van der Waals surface area contributed by atoms with E-state index < -0.39 is 11.6 Å². The minimum atomic E-state index is -0.627. The number of carbonyl (C=O) groups is 1. The van der Waals surface area contributed by atoms with Crippen molar-refractivity contribution in [2.45, 2.75) is 20.3 Å². The van der Waals surface area contributed by atoms with Crippen molar-refractivity contribution < 1.29 is 13.6 Å². The molecular weight excluding hydrogens is 238 g/mol. The summed E-state index contributed by atoms with van der Waals surface area (Å²) in [7, 11) is 1.42. The van der Waals surface area contributed by atoms with Crippen molar-refractivity contribution in [3.05, 3.63) is 29.8 Å². The van der Waals surface area contributed by atoms with Crippen LogP contribution in [0.3, 0.4) is 0 Å². The quantitative estimate of drug-likeness (QED) is 0.898. The largest absolute Gasteiger partial charge is 0.330 e. The molecule has 18 heavy (non-hydrogen) atoms. The molecule has 0 aliphatic heterocycles. The molecular formula is C13H18F2N2O. The molecule has 1 aromatic rings. The molecule has 0 unspecified atom stereocenters. The van der Waals surface area contributed by atoms with E-state index in [1.807, 2.05) is 13.8 Å². The van der Waals surface area contributed by atoms with Crippen LogP contribution in [0.25, 0.3) is 0 Å². The summed E-state index contributed by atoms with van der Waals surface area (Å²) in [6.45, 7) is 4.04. The Morgan fingerprint density at radius 2 is 2.00 bits per heavy atom. The third kappa shape index (κ3) is 3.50. The van der Waals surface area contributed by atoms with Gasteiger partial charge < -0.3 is 10.6 Å². The molecule has 2 N–H and O–H groups in total. The van der Waals surface area contributed by atoms with Crippen LogP contribution in [0.15, 0.2) is 18.2 Å². The van der Waals surface area contributed by atoms with Crippen LogP contribution < -0.4 is 10.6 Å². The topological polar surface area (TPSA) is 46.3 Å². The fraction of sp³-hybridized carbons (Fsp3) is 0.462. The summed E-state index contributed by atoms with van der Waals surface area (Å²) < 4.78 is 26.6. The molecule has 3 nitrogen and oxygen atoms in total. The Bertz CT molecular complexity index is 447. The molecule has 0 atom stereocenters. The Morgan fingerprint density at radius 1 is 1.39 bits per heavy atom. The molecule has 0 bridgehead atoms. The first-order valence-electron chi connectivity index (χ1n) is 5.68. The minimum absolute atomic E-state index is 0.0622. The second-order valence-electron chi connectivity index (χ2n) is 5.09. The number of hydrogen-bond donors (Lipinski definition) is 1. The van der Waals surface area contributed by atoms with E-state index in [1.165, 1.54) is 7.05 Å². The summed E-state index contributed by atoms with van der Waals surface area (Å²) in [6.07, 6.45) is 0.177. The van der Waals surface area contributed by atoms with Crippen molar-refractivity contribution in [2.75, 3.05) is 18.5 Å². The van der Waals surface area contributed by atoms with E-state index in [1.54, 1.807) is 0 Å². The van der Waals surface area contributed by atoms with Crippen molar-refractivity contribution in [3.8, 4) is 0 Å². The van der Waals surface area contributed by atoms with E-state index in [-0.39, 0.29) is 23.4 Å². The number of nitrogens with zero attached hydrogens (tertiary/aromatic N) is 1. The standard InChI is InChI=1S/C13H18F2N2O/c1-13(2,8-16)7-12(18)17(3)11-6-9(14)4-5-10(11)15/h4-6H,7-8,16H2,1-3H3. The average Bonchev–Trinajstić information content (AvgIpc) is 2.31. The number of anilines is 1. The number of carbonyl (C=O) groups excluding carboxylic acids is 1. The Labute approximate surface area is 106 Å². The summed E-state index contributed by atoms with van der Waals surface area (Å²) in [5.41, 5.74) is 5.11. The maximum atomic E-state index is 13.5. The van der Waals surface area contributed by atoms with E-state index >= 15 is 0 Å². The van der Waals surface area contributed by atoms with Crippen molar-refractivity contribution in [3.63, 3.8) is 0 Å². The highest BCUT2D eigenvalue weighted by Gasteiger charge is 2.24. The minimum Gasteiger partial charge on any atom is -0.330 e. The van der Waals surface area contributed by atoms with Crippen LogP contribution in [-0.4, -0.2) is 19.5 Å². The van der Waals surface area contributed by atoms with Gasteiger partial charge >= 0.3 is 0 Å². The summed E-state index contributed by atoms with van der Waals surface area (Å²) in [5.74, 6) is -1.50. The molecule has 0 radical (unpaired) electrons. The molecule has 1 amide bonds. The third-order valence-corrected chi connectivity index (χ3v) is 2.83. The number of benzene rings is 1. The molecule has 0 saturated heterocycles. The van der Waals surface area contributed by atoms with E-state index in [9.17, 15) is 13.6 Å². The molecule has 0 aliphatic carbocycles. The molecule has 0 spiro atoms. The Hall–Kier alpha value is -1.49. The lowest BCUT2D eigenvalue weighted by atomic mass is 9.89. The van der Waals surface area contributed by atoms with Crippen LogP contribution in [0.5, 0.6) is 0 Å². The van der Waals surface area contributed by atoms with Gasteiger partial charge in [0, 0.05) is 19.5 Å². The highest BCUT2D eigenvalue weighted by atomic mass is 19.1. The van der Waals surface area contributed by atoms with Crippen LogP contribution in [0, 0.1) is 17.0 Å². The van der Waals surface area contributed by atoms with Crippen molar-refractivity contribution in [1.82, 2.24) is 0 Å². The molecule has 0 aromatic heterocycles. The predicted octanol–water partition coefficient (Wildman–Crippen LogP) is 2.30. The van der Waals surface area contributed by atoms with Crippen molar-refractivity contribution >= 4 is 11.6 Å². The van der Waals surface area contributed by atoms with E-state index in [0.717, 1.165) is 23.1 Å². The molecule has 1 aromatic carbocycles. The molecule has 0 saturated carbocycles. The van der Waals surface area contributed by atoms with Crippen LogP contribution in [0.4, 0.5) is 14.5 Å². The second-order valence-corrected chi connectivity index (χ2v) is 5.09. The lowest BCUT2D eigenvalue weighted by Crippen LogP contribution is -2.34. The summed E-state index contributed by atoms with van der Waals surface area (Å²) >= 11 is 0. The first-order valence-corrected chi connectivity index (χ1v) is 5.68. The number of nitrogens with two attached hydrogens (primary N) is 1. The summed E-state index contributed by atoms with van der Waals surface area (Å²) in [4.78, 5) is 13.1. The van der Waals surface area contributed by atoms with Gasteiger partial charge in [-0.25, -0.2) is 8.78 Å². The van der Waals surface area contributed by atoms with Crippen LogP contribution >= 0.6 is 0 Å². The van der Waals surface area contributed by atoms with E-state index in [4.69, 9.17) is 5.73 Å². The van der Waals surface area contributed by atoms with Crippen molar-refractivity contribution in [2.24, 2.45) is 11.1 Å². The Morgan fingerprint density at radius 3 is 2.56 bits per heavy atom. The van der Waals surface area contributed by atoms with Crippen LogP contribution in [0.2, 0.25) is 0 Å². The highest BCUT2D eigenvalue weighted by molar-refractivity contribution is 5.93. The third-order valence-electron chi connectivity index (χ3n) is 2.83. The van der Waals surface area contributed by atoms with E-state index in [0.29, 0.717) is 6.54 Å². The summed E-state index contributed by atoms with van der Waals surface area (Å²) in [6, 6.07) is 3.02. The van der Waals surface area contributed by atoms with Crippen LogP contribution in [-0.2, 0) is 4.79 Å². The molecule has 0 fully saturated rings. The SMILES string of the molecule is CN(C(=O)CC(C)(C)CN)c1cc(F)ccc1F.